The summed E-state index contributed by atoms with van der Waals surface area (Å²) in [5.74, 6) is -1.34. The minimum Gasteiger partial charge on any atom is -0.253 e. The molecule has 3 rings (SSSR count). The second kappa shape index (κ2) is 7.02. The zero-order chi connectivity index (χ0) is 17.9. The number of nitrogens with zero attached hydrogens (tertiary/aromatic N) is 2. The Morgan fingerprint density at radius 2 is 1.84 bits per heavy atom. The van der Waals surface area contributed by atoms with Gasteiger partial charge in [0.15, 0.2) is 0 Å². The van der Waals surface area contributed by atoms with E-state index in [-0.39, 0.29) is 5.56 Å². The number of thiazole rings is 1. The Balaban J connectivity index is 1.68. The zero-order valence-corrected chi connectivity index (χ0v) is 13.4. The molecule has 1 aromatic heterocycles. The molecule has 0 radical (unpaired) electrons. The third kappa shape index (κ3) is 4.21. The van der Waals surface area contributed by atoms with Crippen LogP contribution in [0.4, 0.5) is 22.7 Å². The van der Waals surface area contributed by atoms with Crippen molar-refractivity contribution in [3.05, 3.63) is 70.9 Å². The summed E-state index contributed by atoms with van der Waals surface area (Å²) in [6, 6.07) is 12.2. The fourth-order valence-electron chi connectivity index (χ4n) is 2.07. The van der Waals surface area contributed by atoms with E-state index in [9.17, 15) is 17.6 Å². The molecule has 0 amide bonds. The van der Waals surface area contributed by atoms with Gasteiger partial charge < -0.3 is 0 Å². The van der Waals surface area contributed by atoms with Crippen LogP contribution < -0.4 is 5.43 Å². The van der Waals surface area contributed by atoms with Gasteiger partial charge in [-0.25, -0.2) is 9.37 Å². The summed E-state index contributed by atoms with van der Waals surface area (Å²) in [4.78, 5) is 4.35. The summed E-state index contributed by atoms with van der Waals surface area (Å²) >= 11 is 1.33. The van der Waals surface area contributed by atoms with E-state index >= 15 is 0 Å². The number of nitrogens with one attached hydrogen (secondary N) is 1. The van der Waals surface area contributed by atoms with Crippen LogP contribution in [0, 0.1) is 5.82 Å². The van der Waals surface area contributed by atoms with Gasteiger partial charge in [0.2, 0.25) is 5.13 Å². The Labute approximate surface area is 144 Å². The van der Waals surface area contributed by atoms with E-state index in [1.165, 1.54) is 17.6 Å². The van der Waals surface area contributed by atoms with Crippen LogP contribution >= 0.6 is 11.3 Å². The van der Waals surface area contributed by atoms with E-state index in [1.807, 2.05) is 35.7 Å². The van der Waals surface area contributed by atoms with Crippen molar-refractivity contribution in [2.75, 3.05) is 5.43 Å². The summed E-state index contributed by atoms with van der Waals surface area (Å²) in [7, 11) is 0. The first-order valence-electron chi connectivity index (χ1n) is 7.10. The number of halogens is 4. The average Bonchev–Trinajstić information content (AvgIpc) is 3.03. The zero-order valence-electron chi connectivity index (χ0n) is 12.6. The summed E-state index contributed by atoms with van der Waals surface area (Å²) in [6.07, 6.45) is -3.49. The van der Waals surface area contributed by atoms with Crippen molar-refractivity contribution in [3.8, 4) is 11.3 Å². The number of alkyl halides is 3. The maximum Gasteiger partial charge on any atom is 0.419 e. The van der Waals surface area contributed by atoms with Gasteiger partial charge >= 0.3 is 6.18 Å². The SMILES string of the molecule is Fc1cc(C=NNc2nc(-c3ccccc3)cs2)ccc1C(F)(F)F. The molecule has 2 aromatic carbocycles. The fraction of sp³-hybridized carbons (Fsp3) is 0.0588. The molecule has 3 nitrogen and oxygen atoms in total. The standard InChI is InChI=1S/C17H11F4N3S/c18-14-8-11(6-7-13(14)17(19,20)21)9-22-24-16-23-15(10-25-16)12-4-2-1-3-5-12/h1-10H,(H,23,24). The molecule has 0 saturated carbocycles. The highest BCUT2D eigenvalue weighted by Crippen LogP contribution is 2.31. The van der Waals surface area contributed by atoms with Crippen LogP contribution in [0.3, 0.4) is 0 Å². The van der Waals surface area contributed by atoms with Gasteiger partial charge in [-0.3, -0.25) is 5.43 Å². The molecule has 0 atom stereocenters. The van der Waals surface area contributed by atoms with Crippen molar-refractivity contribution >= 4 is 22.7 Å². The van der Waals surface area contributed by atoms with Gasteiger partial charge in [0.25, 0.3) is 0 Å². The monoisotopic (exact) mass is 365 g/mol. The number of benzene rings is 2. The van der Waals surface area contributed by atoms with Gasteiger partial charge in [-0.2, -0.15) is 18.3 Å². The van der Waals surface area contributed by atoms with E-state index in [4.69, 9.17) is 0 Å². The summed E-state index contributed by atoms with van der Waals surface area (Å²) in [5, 5.41) is 6.25. The van der Waals surface area contributed by atoms with Gasteiger partial charge in [0, 0.05) is 10.9 Å². The van der Waals surface area contributed by atoms with E-state index in [0.29, 0.717) is 11.2 Å². The molecule has 1 N–H and O–H groups in total. The lowest BCUT2D eigenvalue weighted by Crippen LogP contribution is -2.08. The first-order chi connectivity index (χ1) is 11.9. The predicted molar refractivity (Wildman–Crippen MR) is 90.2 cm³/mol. The lowest BCUT2D eigenvalue weighted by molar-refractivity contribution is -0.140. The molecular weight excluding hydrogens is 354 g/mol. The van der Waals surface area contributed by atoms with Crippen molar-refractivity contribution in [3.63, 3.8) is 0 Å². The van der Waals surface area contributed by atoms with Gasteiger partial charge in [0.05, 0.1) is 17.5 Å². The molecule has 1 heterocycles. The minimum absolute atomic E-state index is 0.206. The molecule has 0 unspecified atom stereocenters. The molecule has 0 fully saturated rings. The molecule has 0 spiro atoms. The highest BCUT2D eigenvalue weighted by atomic mass is 32.1. The quantitative estimate of drug-likeness (QED) is 0.381. The third-order valence-electron chi connectivity index (χ3n) is 3.25. The maximum atomic E-state index is 13.5. The molecule has 3 aromatic rings. The van der Waals surface area contributed by atoms with Crippen LogP contribution in [0.1, 0.15) is 11.1 Å². The summed E-state index contributed by atoms with van der Waals surface area (Å²) in [6.45, 7) is 0. The van der Waals surface area contributed by atoms with Crippen molar-refractivity contribution in [1.29, 1.82) is 0 Å². The van der Waals surface area contributed by atoms with Crippen molar-refractivity contribution < 1.29 is 17.6 Å². The van der Waals surface area contributed by atoms with Crippen LogP contribution in [0.5, 0.6) is 0 Å². The molecule has 0 saturated heterocycles. The van der Waals surface area contributed by atoms with E-state index in [0.717, 1.165) is 23.4 Å². The number of hydrogen-bond acceptors (Lipinski definition) is 4. The van der Waals surface area contributed by atoms with Gasteiger partial charge in [-0.05, 0) is 17.7 Å². The molecule has 0 aliphatic heterocycles. The Morgan fingerprint density at radius 3 is 2.52 bits per heavy atom. The van der Waals surface area contributed by atoms with Crippen LogP contribution in [0.2, 0.25) is 0 Å². The first-order valence-corrected chi connectivity index (χ1v) is 7.98. The number of aromatic nitrogens is 1. The Kier molecular flexibility index (Phi) is 4.80. The Morgan fingerprint density at radius 1 is 1.08 bits per heavy atom. The molecule has 0 bridgehead atoms. The maximum absolute atomic E-state index is 13.5. The van der Waals surface area contributed by atoms with E-state index < -0.39 is 17.6 Å². The summed E-state index contributed by atoms with van der Waals surface area (Å²) < 4.78 is 51.0. The molecule has 0 aliphatic rings. The van der Waals surface area contributed by atoms with Gasteiger partial charge in [-0.1, -0.05) is 36.4 Å². The molecule has 25 heavy (non-hydrogen) atoms. The van der Waals surface area contributed by atoms with Crippen molar-refractivity contribution in [2.24, 2.45) is 5.10 Å². The van der Waals surface area contributed by atoms with Gasteiger partial charge in [0.1, 0.15) is 5.82 Å². The fourth-order valence-corrected chi connectivity index (χ4v) is 2.74. The second-order valence-corrected chi connectivity index (χ2v) is 5.87. The largest absolute Gasteiger partial charge is 0.419 e. The normalized spacial score (nSPS) is 11.8. The third-order valence-corrected chi connectivity index (χ3v) is 3.99. The van der Waals surface area contributed by atoms with Crippen LogP contribution in [0.15, 0.2) is 59.0 Å². The topological polar surface area (TPSA) is 37.3 Å². The predicted octanol–water partition coefficient (Wildman–Crippen LogP) is 5.41. The Bertz CT molecular complexity index is 888. The number of hydrazone groups is 1. The smallest absolute Gasteiger partial charge is 0.253 e. The average molecular weight is 365 g/mol. The van der Waals surface area contributed by atoms with E-state index in [1.54, 1.807) is 0 Å². The lowest BCUT2D eigenvalue weighted by Gasteiger charge is -2.07. The highest BCUT2D eigenvalue weighted by molar-refractivity contribution is 7.14. The number of hydrogen-bond donors (Lipinski definition) is 1. The molecule has 0 aliphatic carbocycles. The molecule has 128 valence electrons. The lowest BCUT2D eigenvalue weighted by atomic mass is 10.1. The number of anilines is 1. The summed E-state index contributed by atoms with van der Waals surface area (Å²) in [5.41, 5.74) is 3.33. The van der Waals surface area contributed by atoms with E-state index in [2.05, 4.69) is 15.5 Å². The molecule has 8 heteroatoms. The van der Waals surface area contributed by atoms with Crippen LogP contribution in [-0.4, -0.2) is 11.2 Å². The van der Waals surface area contributed by atoms with Crippen molar-refractivity contribution in [2.45, 2.75) is 6.18 Å². The van der Waals surface area contributed by atoms with Crippen molar-refractivity contribution in [1.82, 2.24) is 4.98 Å². The van der Waals surface area contributed by atoms with Crippen LogP contribution in [-0.2, 0) is 6.18 Å². The highest BCUT2D eigenvalue weighted by Gasteiger charge is 2.33. The minimum atomic E-state index is -4.72. The molecular formula is C17H11F4N3S. The Hall–Kier alpha value is -2.74. The number of rotatable bonds is 4. The van der Waals surface area contributed by atoms with Crippen LogP contribution in [0.25, 0.3) is 11.3 Å². The van der Waals surface area contributed by atoms with Gasteiger partial charge in [-0.15, -0.1) is 11.3 Å². The first kappa shape index (κ1) is 17.1. The second-order valence-electron chi connectivity index (χ2n) is 5.01.